The molecule has 0 unspecified atom stereocenters. The van der Waals surface area contributed by atoms with Gasteiger partial charge in [-0.15, -0.1) is 0 Å². The molecule has 0 aliphatic carbocycles. The van der Waals surface area contributed by atoms with E-state index in [2.05, 4.69) is 46.3 Å². The van der Waals surface area contributed by atoms with Crippen molar-refractivity contribution in [1.29, 1.82) is 0 Å². The number of aromatic nitrogens is 6. The summed E-state index contributed by atoms with van der Waals surface area (Å²) in [5.74, 6) is 0.699. The van der Waals surface area contributed by atoms with Gasteiger partial charge in [0.05, 0.1) is 17.9 Å². The van der Waals surface area contributed by atoms with Crippen LogP contribution in [0.5, 0.6) is 0 Å². The minimum atomic E-state index is -0.224. The number of hydrogen-bond acceptors (Lipinski definition) is 5. The summed E-state index contributed by atoms with van der Waals surface area (Å²) in [6.45, 7) is 10.8. The Morgan fingerprint density at radius 3 is 2.41 bits per heavy atom. The molecule has 1 aromatic carbocycles. The van der Waals surface area contributed by atoms with Crippen molar-refractivity contribution in [2.45, 2.75) is 46.6 Å². The lowest BCUT2D eigenvalue weighted by Crippen LogP contribution is -2.16. The van der Waals surface area contributed by atoms with Crippen LogP contribution in [-0.2, 0) is 12.0 Å². The predicted molar refractivity (Wildman–Crippen MR) is 123 cm³/mol. The number of anilines is 1. The number of amides is 1. The number of aryl methyl sites for hydroxylation is 2. The molecule has 32 heavy (non-hydrogen) atoms. The minimum absolute atomic E-state index is 0.195. The lowest BCUT2D eigenvalue weighted by molar-refractivity contribution is 0.102. The van der Waals surface area contributed by atoms with E-state index in [-0.39, 0.29) is 11.3 Å². The van der Waals surface area contributed by atoms with Crippen LogP contribution in [0.15, 0.2) is 54.9 Å². The number of hydrogen-bond donors (Lipinski definition) is 1. The van der Waals surface area contributed by atoms with Crippen LogP contribution in [0.4, 0.5) is 5.82 Å². The highest BCUT2D eigenvalue weighted by molar-refractivity contribution is 6.04. The molecule has 0 radical (unpaired) electrons. The van der Waals surface area contributed by atoms with E-state index in [1.54, 1.807) is 29.2 Å². The largest absolute Gasteiger partial charge is 0.306 e. The number of carbonyl (C=O) groups is 1. The molecule has 0 saturated carbocycles. The number of rotatable bonds is 5. The van der Waals surface area contributed by atoms with Crippen LogP contribution in [0.1, 0.15) is 53.8 Å². The van der Waals surface area contributed by atoms with Gasteiger partial charge >= 0.3 is 0 Å². The molecule has 1 N–H and O–H groups in total. The Bertz CT molecular complexity index is 1250. The average molecular weight is 430 g/mol. The summed E-state index contributed by atoms with van der Waals surface area (Å²) in [6.07, 6.45) is 3.30. The van der Waals surface area contributed by atoms with Gasteiger partial charge in [-0.2, -0.15) is 14.9 Å². The maximum Gasteiger partial charge on any atom is 0.256 e. The lowest BCUT2D eigenvalue weighted by atomic mass is 9.92. The number of nitrogens with zero attached hydrogens (tertiary/aromatic N) is 6. The maximum atomic E-state index is 13.1. The van der Waals surface area contributed by atoms with Crippen molar-refractivity contribution in [2.24, 2.45) is 0 Å². The summed E-state index contributed by atoms with van der Waals surface area (Å²) in [5, 5.41) is 12.1. The monoisotopic (exact) mass is 429 g/mol. The molecule has 1 amide bonds. The quantitative estimate of drug-likeness (QED) is 0.516. The third kappa shape index (κ3) is 4.59. The van der Waals surface area contributed by atoms with Crippen molar-refractivity contribution in [3.8, 4) is 5.95 Å². The Labute approximate surface area is 187 Å². The molecular weight excluding hydrogens is 402 g/mol. The fourth-order valence-corrected chi connectivity index (χ4v) is 3.40. The number of benzene rings is 1. The van der Waals surface area contributed by atoms with E-state index < -0.39 is 0 Å². The third-order valence-corrected chi connectivity index (χ3v) is 5.09. The first-order valence-corrected chi connectivity index (χ1v) is 10.5. The molecule has 0 bridgehead atoms. The molecule has 4 aromatic rings. The smallest absolute Gasteiger partial charge is 0.256 e. The average Bonchev–Trinajstić information content (AvgIpc) is 3.31. The van der Waals surface area contributed by atoms with Gasteiger partial charge in [-0.25, -0.2) is 9.97 Å². The normalized spacial score (nSPS) is 11.5. The summed E-state index contributed by atoms with van der Waals surface area (Å²) in [6, 6.07) is 13.2. The molecule has 8 heteroatoms. The first-order valence-electron chi connectivity index (χ1n) is 10.5. The molecule has 0 atom stereocenters. The zero-order valence-corrected chi connectivity index (χ0v) is 19.0. The number of nitrogens with one attached hydrogen (secondary N) is 1. The molecule has 0 fully saturated rings. The van der Waals surface area contributed by atoms with Crippen molar-refractivity contribution in [2.75, 3.05) is 5.32 Å². The Balaban J connectivity index is 1.61. The fraction of sp³-hybridized carbons (Fsp3) is 0.292. The molecule has 0 aliphatic rings. The Morgan fingerprint density at radius 2 is 1.75 bits per heavy atom. The van der Waals surface area contributed by atoms with Crippen molar-refractivity contribution < 1.29 is 4.79 Å². The summed E-state index contributed by atoms with van der Waals surface area (Å²) >= 11 is 0. The Kier molecular flexibility index (Phi) is 5.61. The van der Waals surface area contributed by atoms with Crippen molar-refractivity contribution in [3.63, 3.8) is 0 Å². The summed E-state index contributed by atoms with van der Waals surface area (Å²) < 4.78 is 3.50. The van der Waals surface area contributed by atoms with Gasteiger partial charge < -0.3 is 5.32 Å². The molecular formula is C24H27N7O. The second-order valence-electron chi connectivity index (χ2n) is 8.86. The van der Waals surface area contributed by atoms with Gasteiger partial charge in [-0.3, -0.25) is 9.48 Å². The minimum Gasteiger partial charge on any atom is -0.306 e. The van der Waals surface area contributed by atoms with E-state index in [1.807, 2.05) is 48.9 Å². The van der Waals surface area contributed by atoms with E-state index in [1.165, 1.54) is 0 Å². The maximum absolute atomic E-state index is 13.1. The third-order valence-electron chi connectivity index (χ3n) is 5.09. The SMILES string of the molecule is Cc1cc(C)n(Cc2cccc(C(=O)Nc3cc(C(C)(C)C)nn3-c3ncccn3)c2)n1. The van der Waals surface area contributed by atoms with Crippen LogP contribution in [0.2, 0.25) is 0 Å². The van der Waals surface area contributed by atoms with Crippen molar-refractivity contribution >= 4 is 11.7 Å². The fourth-order valence-electron chi connectivity index (χ4n) is 3.40. The van der Waals surface area contributed by atoms with Crippen molar-refractivity contribution in [1.82, 2.24) is 29.5 Å². The van der Waals surface area contributed by atoms with Gasteiger partial charge in [0.25, 0.3) is 11.9 Å². The molecule has 3 aromatic heterocycles. The Morgan fingerprint density at radius 1 is 1.00 bits per heavy atom. The van der Waals surface area contributed by atoms with Crippen molar-refractivity contribution in [3.05, 3.63) is 83.1 Å². The standard InChI is InChI=1S/C24H27N7O/c1-16-12-17(2)30(28-16)15-18-8-6-9-19(13-18)22(32)27-21-14-20(24(3,4)5)29-31(21)23-25-10-7-11-26-23/h6-14H,15H2,1-5H3,(H,27,32). The topological polar surface area (TPSA) is 90.5 Å². The van der Waals surface area contributed by atoms with Gasteiger partial charge in [0.15, 0.2) is 0 Å². The first kappa shape index (κ1) is 21.4. The molecule has 164 valence electrons. The zero-order chi connectivity index (χ0) is 22.9. The van der Waals surface area contributed by atoms with Gasteiger partial charge in [0.2, 0.25) is 0 Å². The van der Waals surface area contributed by atoms with Gasteiger partial charge in [-0.1, -0.05) is 32.9 Å². The zero-order valence-electron chi connectivity index (χ0n) is 19.0. The van der Waals surface area contributed by atoms with E-state index >= 15 is 0 Å². The molecule has 3 heterocycles. The van der Waals surface area contributed by atoms with Gasteiger partial charge in [0, 0.05) is 35.1 Å². The summed E-state index contributed by atoms with van der Waals surface area (Å²) in [4.78, 5) is 21.7. The second kappa shape index (κ2) is 8.37. The van der Waals surface area contributed by atoms with E-state index in [9.17, 15) is 4.79 Å². The first-order chi connectivity index (χ1) is 15.2. The molecule has 4 rings (SSSR count). The summed E-state index contributed by atoms with van der Waals surface area (Å²) in [5.41, 5.74) is 4.25. The summed E-state index contributed by atoms with van der Waals surface area (Å²) in [7, 11) is 0. The molecule has 0 saturated heterocycles. The van der Waals surface area contributed by atoms with Crippen LogP contribution in [-0.4, -0.2) is 35.4 Å². The predicted octanol–water partition coefficient (Wildman–Crippen LogP) is 4.07. The van der Waals surface area contributed by atoms with Gasteiger partial charge in [-0.05, 0) is 43.7 Å². The highest BCUT2D eigenvalue weighted by Crippen LogP contribution is 2.25. The van der Waals surface area contributed by atoms with Crippen LogP contribution in [0, 0.1) is 13.8 Å². The van der Waals surface area contributed by atoms with Crippen LogP contribution < -0.4 is 5.32 Å². The van der Waals surface area contributed by atoms with E-state index in [4.69, 9.17) is 0 Å². The second-order valence-corrected chi connectivity index (χ2v) is 8.86. The molecule has 8 nitrogen and oxygen atoms in total. The Hall–Kier alpha value is -3.81. The molecule has 0 aliphatic heterocycles. The van der Waals surface area contributed by atoms with Crippen LogP contribution in [0.25, 0.3) is 5.95 Å². The number of carbonyl (C=O) groups excluding carboxylic acids is 1. The lowest BCUT2D eigenvalue weighted by Gasteiger charge is -2.13. The van der Waals surface area contributed by atoms with Gasteiger partial charge in [0.1, 0.15) is 5.82 Å². The molecule has 0 spiro atoms. The van der Waals surface area contributed by atoms with Crippen LogP contribution in [0.3, 0.4) is 0 Å². The van der Waals surface area contributed by atoms with Crippen LogP contribution >= 0.6 is 0 Å². The van der Waals surface area contributed by atoms with E-state index in [0.717, 1.165) is 22.6 Å². The highest BCUT2D eigenvalue weighted by Gasteiger charge is 2.22. The highest BCUT2D eigenvalue weighted by atomic mass is 16.1. The van der Waals surface area contributed by atoms with E-state index in [0.29, 0.717) is 23.9 Å².